The van der Waals surface area contributed by atoms with Gasteiger partial charge in [0.05, 0.1) is 18.8 Å². The zero-order chi connectivity index (χ0) is 11.7. The van der Waals surface area contributed by atoms with Crippen LogP contribution in [0.1, 0.15) is 25.7 Å². The third-order valence-electron chi connectivity index (χ3n) is 2.84. The maximum atomic E-state index is 9.44. The molecule has 6 heteroatoms. The van der Waals surface area contributed by atoms with Crippen molar-refractivity contribution in [1.29, 1.82) is 0 Å². The molecule has 0 amide bonds. The van der Waals surface area contributed by atoms with Crippen molar-refractivity contribution in [3.05, 3.63) is 12.2 Å². The molecule has 2 N–H and O–H groups in total. The van der Waals surface area contributed by atoms with E-state index in [1.165, 1.54) is 6.33 Å². The number of aliphatic hydroxyl groups is 2. The first-order valence-corrected chi connectivity index (χ1v) is 5.54. The SMILES string of the molecule is CC(C)n1ncnc1CN1C[C@@H](O)[C@@H](O)C1. The highest BCUT2D eigenvalue weighted by molar-refractivity contribution is 4.91. The summed E-state index contributed by atoms with van der Waals surface area (Å²) >= 11 is 0. The number of aliphatic hydroxyl groups excluding tert-OH is 2. The van der Waals surface area contributed by atoms with Crippen LogP contribution in [0.4, 0.5) is 0 Å². The van der Waals surface area contributed by atoms with Crippen molar-refractivity contribution in [2.45, 2.75) is 38.6 Å². The van der Waals surface area contributed by atoms with Crippen molar-refractivity contribution >= 4 is 0 Å². The molecule has 0 unspecified atom stereocenters. The molecule has 0 aliphatic carbocycles. The highest BCUT2D eigenvalue weighted by Gasteiger charge is 2.30. The number of likely N-dealkylation sites (tertiary alicyclic amines) is 1. The molecule has 1 aliphatic heterocycles. The first-order valence-electron chi connectivity index (χ1n) is 5.54. The molecule has 16 heavy (non-hydrogen) atoms. The zero-order valence-corrected chi connectivity index (χ0v) is 9.61. The summed E-state index contributed by atoms with van der Waals surface area (Å²) in [4.78, 5) is 6.18. The van der Waals surface area contributed by atoms with Gasteiger partial charge < -0.3 is 10.2 Å². The van der Waals surface area contributed by atoms with Crippen LogP contribution in [0.2, 0.25) is 0 Å². The van der Waals surface area contributed by atoms with E-state index in [9.17, 15) is 10.2 Å². The van der Waals surface area contributed by atoms with E-state index in [2.05, 4.69) is 10.1 Å². The van der Waals surface area contributed by atoms with E-state index in [0.717, 1.165) is 5.82 Å². The van der Waals surface area contributed by atoms with Gasteiger partial charge in [0.25, 0.3) is 0 Å². The lowest BCUT2D eigenvalue weighted by atomic mass is 10.3. The summed E-state index contributed by atoms with van der Waals surface area (Å²) in [7, 11) is 0. The van der Waals surface area contributed by atoms with E-state index in [0.29, 0.717) is 19.6 Å². The average molecular weight is 226 g/mol. The van der Waals surface area contributed by atoms with Gasteiger partial charge >= 0.3 is 0 Å². The third-order valence-corrected chi connectivity index (χ3v) is 2.84. The predicted molar refractivity (Wildman–Crippen MR) is 57.7 cm³/mol. The van der Waals surface area contributed by atoms with E-state index >= 15 is 0 Å². The van der Waals surface area contributed by atoms with Gasteiger partial charge in [-0.25, -0.2) is 9.67 Å². The summed E-state index contributed by atoms with van der Waals surface area (Å²) in [5.74, 6) is 0.872. The lowest BCUT2D eigenvalue weighted by Gasteiger charge is -2.16. The van der Waals surface area contributed by atoms with Crippen LogP contribution >= 0.6 is 0 Å². The fraction of sp³-hybridized carbons (Fsp3) is 0.800. The molecule has 0 saturated carbocycles. The van der Waals surface area contributed by atoms with Crippen LogP contribution in [-0.4, -0.2) is 55.2 Å². The van der Waals surface area contributed by atoms with Crippen molar-refractivity contribution in [2.24, 2.45) is 0 Å². The molecule has 1 aliphatic rings. The summed E-state index contributed by atoms with van der Waals surface area (Å²) in [6, 6.07) is 0.273. The molecule has 0 radical (unpaired) electrons. The first kappa shape index (κ1) is 11.5. The van der Waals surface area contributed by atoms with Crippen LogP contribution in [-0.2, 0) is 6.54 Å². The van der Waals surface area contributed by atoms with Crippen LogP contribution in [0.25, 0.3) is 0 Å². The highest BCUT2D eigenvalue weighted by atomic mass is 16.3. The maximum absolute atomic E-state index is 9.44. The summed E-state index contributed by atoms with van der Waals surface area (Å²) < 4.78 is 1.86. The Kier molecular flexibility index (Phi) is 3.22. The van der Waals surface area contributed by atoms with Crippen molar-refractivity contribution < 1.29 is 10.2 Å². The number of rotatable bonds is 3. The van der Waals surface area contributed by atoms with Gasteiger partial charge in [-0.2, -0.15) is 5.10 Å². The third kappa shape index (κ3) is 2.23. The second-order valence-corrected chi connectivity index (χ2v) is 4.54. The van der Waals surface area contributed by atoms with E-state index in [1.807, 2.05) is 23.4 Å². The number of hydrogen-bond donors (Lipinski definition) is 2. The van der Waals surface area contributed by atoms with Crippen molar-refractivity contribution in [1.82, 2.24) is 19.7 Å². The van der Waals surface area contributed by atoms with Gasteiger partial charge in [-0.3, -0.25) is 4.90 Å². The number of β-amino-alcohol motifs (C(OH)–C–C–N with tert-alkyl or cyclic N) is 2. The van der Waals surface area contributed by atoms with E-state index in [4.69, 9.17) is 0 Å². The highest BCUT2D eigenvalue weighted by Crippen LogP contribution is 2.14. The van der Waals surface area contributed by atoms with Gasteiger partial charge in [0.2, 0.25) is 0 Å². The Labute approximate surface area is 94.5 Å². The molecule has 90 valence electrons. The smallest absolute Gasteiger partial charge is 0.141 e. The average Bonchev–Trinajstić information content (AvgIpc) is 2.75. The van der Waals surface area contributed by atoms with E-state index < -0.39 is 12.2 Å². The molecule has 1 saturated heterocycles. The minimum Gasteiger partial charge on any atom is -0.389 e. The summed E-state index contributed by atoms with van der Waals surface area (Å²) in [6.07, 6.45) is 0.254. The Morgan fingerprint density at radius 3 is 2.56 bits per heavy atom. The Morgan fingerprint density at radius 2 is 2.00 bits per heavy atom. The monoisotopic (exact) mass is 226 g/mol. The molecule has 6 nitrogen and oxygen atoms in total. The number of hydrogen-bond acceptors (Lipinski definition) is 5. The Balaban J connectivity index is 2.02. The van der Waals surface area contributed by atoms with Gasteiger partial charge in [-0.15, -0.1) is 0 Å². The fourth-order valence-electron chi connectivity index (χ4n) is 1.99. The molecule has 1 aromatic heterocycles. The summed E-state index contributed by atoms with van der Waals surface area (Å²) in [5.41, 5.74) is 0. The molecule has 1 fully saturated rings. The minimum atomic E-state index is -0.643. The van der Waals surface area contributed by atoms with Crippen molar-refractivity contribution in [3.63, 3.8) is 0 Å². The van der Waals surface area contributed by atoms with Crippen molar-refractivity contribution in [3.8, 4) is 0 Å². The van der Waals surface area contributed by atoms with Crippen molar-refractivity contribution in [2.75, 3.05) is 13.1 Å². The normalized spacial score (nSPS) is 26.8. The number of aromatic nitrogens is 3. The minimum absolute atomic E-state index is 0.273. The quantitative estimate of drug-likeness (QED) is 0.719. The molecule has 0 aromatic carbocycles. The first-order chi connectivity index (χ1) is 7.58. The molecule has 0 bridgehead atoms. The van der Waals surface area contributed by atoms with Crippen LogP contribution < -0.4 is 0 Å². The van der Waals surface area contributed by atoms with Gasteiger partial charge in [0, 0.05) is 19.1 Å². The molecule has 0 spiro atoms. The summed E-state index contributed by atoms with van der Waals surface area (Å²) in [6.45, 7) is 5.70. The summed E-state index contributed by atoms with van der Waals surface area (Å²) in [5, 5.41) is 23.0. The van der Waals surface area contributed by atoms with E-state index in [1.54, 1.807) is 0 Å². The van der Waals surface area contributed by atoms with E-state index in [-0.39, 0.29) is 6.04 Å². The largest absolute Gasteiger partial charge is 0.389 e. The maximum Gasteiger partial charge on any atom is 0.141 e. The molecule has 2 rings (SSSR count). The standard InChI is InChI=1S/C10H18N4O2/c1-7(2)14-10(11-6-12-14)5-13-3-8(15)9(16)4-13/h6-9,15-16H,3-5H2,1-2H3/t8-,9+. The molecular weight excluding hydrogens is 208 g/mol. The molecule has 2 atom stereocenters. The predicted octanol–water partition coefficient (Wildman–Crippen LogP) is -0.604. The Hall–Kier alpha value is -0.980. The van der Waals surface area contributed by atoms with Crippen LogP contribution in [0.5, 0.6) is 0 Å². The second-order valence-electron chi connectivity index (χ2n) is 4.54. The fourth-order valence-corrected chi connectivity index (χ4v) is 1.99. The van der Waals surface area contributed by atoms with Gasteiger partial charge in [-0.05, 0) is 13.8 Å². The zero-order valence-electron chi connectivity index (χ0n) is 9.61. The molecular formula is C10H18N4O2. The van der Waals surface area contributed by atoms with Gasteiger partial charge in [-0.1, -0.05) is 0 Å². The second kappa shape index (κ2) is 4.48. The van der Waals surface area contributed by atoms with Gasteiger partial charge in [0.15, 0.2) is 0 Å². The molecule has 2 heterocycles. The Morgan fingerprint density at radius 1 is 1.38 bits per heavy atom. The lowest BCUT2D eigenvalue weighted by Crippen LogP contribution is -2.24. The van der Waals surface area contributed by atoms with Crippen LogP contribution in [0.15, 0.2) is 6.33 Å². The van der Waals surface area contributed by atoms with Crippen LogP contribution in [0.3, 0.4) is 0 Å². The number of nitrogens with zero attached hydrogens (tertiary/aromatic N) is 4. The lowest BCUT2D eigenvalue weighted by molar-refractivity contribution is 0.0572. The molecule has 1 aromatic rings. The van der Waals surface area contributed by atoms with Gasteiger partial charge in [0.1, 0.15) is 12.2 Å². The Bertz CT molecular complexity index is 342. The topological polar surface area (TPSA) is 74.4 Å². The van der Waals surface area contributed by atoms with Crippen LogP contribution in [0, 0.1) is 0 Å².